The molecule has 0 spiro atoms. The number of aromatic nitrogens is 1. The average molecular weight is 281 g/mol. The summed E-state index contributed by atoms with van der Waals surface area (Å²) in [5.41, 5.74) is 0.0570. The van der Waals surface area contributed by atoms with Crippen LogP contribution >= 0.6 is 11.6 Å². The van der Waals surface area contributed by atoms with Crippen molar-refractivity contribution in [1.82, 2.24) is 9.47 Å². The van der Waals surface area contributed by atoms with E-state index in [4.69, 9.17) is 11.6 Å². The minimum atomic E-state index is -0.615. The van der Waals surface area contributed by atoms with Crippen LogP contribution in [0.3, 0.4) is 0 Å². The molecule has 0 radical (unpaired) electrons. The fraction of sp³-hybridized carbons (Fsp3) is 0.643. The molecule has 5 heteroatoms. The third-order valence-electron chi connectivity index (χ3n) is 4.53. The van der Waals surface area contributed by atoms with Gasteiger partial charge in [0, 0.05) is 12.2 Å². The van der Waals surface area contributed by atoms with Crippen LogP contribution < -0.4 is 0 Å². The Morgan fingerprint density at radius 2 is 2.00 bits per heavy atom. The molecule has 1 saturated heterocycles. The zero-order valence-corrected chi connectivity index (χ0v) is 11.4. The number of amides is 1. The van der Waals surface area contributed by atoms with Gasteiger partial charge in [-0.1, -0.05) is 11.6 Å². The molecular weight excluding hydrogens is 264 g/mol. The Morgan fingerprint density at radius 1 is 1.32 bits per heavy atom. The number of likely N-dealkylation sites (tertiary alicyclic amines) is 1. The van der Waals surface area contributed by atoms with Crippen molar-refractivity contribution in [3.8, 4) is 0 Å². The molecule has 1 aromatic rings. The minimum absolute atomic E-state index is 0.00382. The van der Waals surface area contributed by atoms with E-state index in [9.17, 15) is 9.90 Å². The smallest absolute Gasteiger partial charge is 0.270 e. The highest BCUT2D eigenvalue weighted by Crippen LogP contribution is 2.45. The summed E-state index contributed by atoms with van der Waals surface area (Å²) in [6, 6.07) is 2.19. The fourth-order valence-electron chi connectivity index (χ4n) is 3.07. The van der Waals surface area contributed by atoms with Crippen LogP contribution in [0.15, 0.2) is 12.3 Å². The number of nitrogens with zero attached hydrogens (tertiary/aromatic N) is 2. The number of halogens is 1. The largest absolute Gasteiger partial charge is 0.386 e. The first-order valence-corrected chi connectivity index (χ1v) is 7.34. The number of hydrogen-bond donors (Lipinski definition) is 1. The molecule has 102 valence electrons. The number of rotatable bonds is 3. The molecule has 1 aromatic heterocycles. The number of aliphatic hydroxyl groups is 1. The Balaban J connectivity index is 1.52. The van der Waals surface area contributed by atoms with Crippen LogP contribution in [-0.4, -0.2) is 39.2 Å². The molecule has 2 heterocycles. The van der Waals surface area contributed by atoms with E-state index in [1.54, 1.807) is 11.0 Å². The lowest BCUT2D eigenvalue weighted by atomic mass is 9.88. The molecule has 1 amide bonds. The van der Waals surface area contributed by atoms with Crippen LogP contribution in [0.1, 0.15) is 42.2 Å². The molecular formula is C14H17ClN2O2. The third-order valence-corrected chi connectivity index (χ3v) is 4.74. The molecule has 2 saturated carbocycles. The van der Waals surface area contributed by atoms with Gasteiger partial charge in [0.05, 0.1) is 18.1 Å². The SMILES string of the molecule is O=C(c1cc(Cl)cn1C1CC1)N1CC(O)(C2CC2)C1. The molecule has 4 nitrogen and oxygen atoms in total. The van der Waals surface area contributed by atoms with Gasteiger partial charge in [-0.3, -0.25) is 4.79 Å². The lowest BCUT2D eigenvalue weighted by Gasteiger charge is -2.47. The topological polar surface area (TPSA) is 45.5 Å². The molecule has 1 N–H and O–H groups in total. The van der Waals surface area contributed by atoms with Crippen molar-refractivity contribution in [2.24, 2.45) is 5.92 Å². The highest BCUT2D eigenvalue weighted by molar-refractivity contribution is 6.31. The van der Waals surface area contributed by atoms with Gasteiger partial charge in [-0.2, -0.15) is 0 Å². The molecule has 3 fully saturated rings. The second-order valence-electron chi connectivity index (χ2n) is 6.22. The lowest BCUT2D eigenvalue weighted by molar-refractivity contribution is -0.0960. The van der Waals surface area contributed by atoms with Gasteiger partial charge in [0.1, 0.15) is 11.3 Å². The van der Waals surface area contributed by atoms with Crippen LogP contribution in [0, 0.1) is 5.92 Å². The maximum absolute atomic E-state index is 12.5. The summed E-state index contributed by atoms with van der Waals surface area (Å²) in [4.78, 5) is 14.2. The summed E-state index contributed by atoms with van der Waals surface area (Å²) in [5, 5.41) is 10.9. The first-order chi connectivity index (χ1) is 9.07. The molecule has 19 heavy (non-hydrogen) atoms. The summed E-state index contributed by atoms with van der Waals surface area (Å²) < 4.78 is 2.00. The molecule has 0 atom stereocenters. The number of carbonyl (C=O) groups is 1. The molecule has 2 aliphatic carbocycles. The van der Waals surface area contributed by atoms with Crippen LogP contribution in [0.4, 0.5) is 0 Å². The summed E-state index contributed by atoms with van der Waals surface area (Å²) in [5.74, 6) is 0.416. The van der Waals surface area contributed by atoms with Crippen molar-refractivity contribution in [3.63, 3.8) is 0 Å². The van der Waals surface area contributed by atoms with Crippen LogP contribution in [0.25, 0.3) is 0 Å². The predicted octanol–water partition coefficient (Wildman–Crippen LogP) is 2.07. The van der Waals surface area contributed by atoms with Gasteiger partial charge in [-0.15, -0.1) is 0 Å². The quantitative estimate of drug-likeness (QED) is 0.921. The van der Waals surface area contributed by atoms with Crippen molar-refractivity contribution < 1.29 is 9.90 Å². The Bertz CT molecular complexity index is 540. The van der Waals surface area contributed by atoms with Crippen molar-refractivity contribution >= 4 is 17.5 Å². The van der Waals surface area contributed by atoms with Crippen molar-refractivity contribution in [2.45, 2.75) is 37.3 Å². The van der Waals surface area contributed by atoms with E-state index in [1.165, 1.54) is 0 Å². The first kappa shape index (κ1) is 11.8. The molecule has 4 rings (SSSR count). The van der Waals surface area contributed by atoms with Gasteiger partial charge in [0.25, 0.3) is 5.91 Å². The van der Waals surface area contributed by atoms with E-state index < -0.39 is 5.60 Å². The van der Waals surface area contributed by atoms with Crippen molar-refractivity contribution in [2.75, 3.05) is 13.1 Å². The molecule has 0 aromatic carbocycles. The standard InChI is InChI=1S/C14H17ClN2O2/c15-10-5-12(17(6-10)11-3-4-11)13(18)16-7-14(19,8-16)9-1-2-9/h5-6,9,11,19H,1-4,7-8H2. The van der Waals surface area contributed by atoms with Crippen LogP contribution in [0.5, 0.6) is 0 Å². The summed E-state index contributed by atoms with van der Waals surface area (Å²) in [7, 11) is 0. The van der Waals surface area contributed by atoms with Crippen molar-refractivity contribution in [1.29, 1.82) is 0 Å². The zero-order valence-electron chi connectivity index (χ0n) is 10.7. The third kappa shape index (κ3) is 1.89. The molecule has 0 bridgehead atoms. The second kappa shape index (κ2) is 3.76. The summed E-state index contributed by atoms with van der Waals surface area (Å²) in [6.07, 6.45) is 6.29. The maximum atomic E-state index is 12.5. The van der Waals surface area contributed by atoms with Crippen LogP contribution in [0.2, 0.25) is 5.02 Å². The van der Waals surface area contributed by atoms with Gasteiger partial charge in [-0.05, 0) is 37.7 Å². The number of hydrogen-bond acceptors (Lipinski definition) is 2. The number of carbonyl (C=O) groups excluding carboxylic acids is 1. The number of β-amino-alcohol motifs (C(OH)–C–C–N with tert-alkyl or cyclic N) is 1. The van der Waals surface area contributed by atoms with Gasteiger partial charge < -0.3 is 14.6 Å². The lowest BCUT2D eigenvalue weighted by Crippen LogP contribution is -2.64. The molecule has 0 unspecified atom stereocenters. The summed E-state index contributed by atoms with van der Waals surface area (Å²) in [6.45, 7) is 0.952. The van der Waals surface area contributed by atoms with Gasteiger partial charge in [0.2, 0.25) is 0 Å². The van der Waals surface area contributed by atoms with Crippen LogP contribution in [-0.2, 0) is 0 Å². The minimum Gasteiger partial charge on any atom is -0.386 e. The second-order valence-corrected chi connectivity index (χ2v) is 6.66. The maximum Gasteiger partial charge on any atom is 0.270 e. The first-order valence-electron chi connectivity index (χ1n) is 6.96. The van der Waals surface area contributed by atoms with E-state index in [1.807, 2.05) is 10.8 Å². The van der Waals surface area contributed by atoms with Crippen molar-refractivity contribution in [3.05, 3.63) is 23.0 Å². The highest BCUT2D eigenvalue weighted by atomic mass is 35.5. The molecule has 3 aliphatic rings. The highest BCUT2D eigenvalue weighted by Gasteiger charge is 2.53. The Labute approximate surface area is 117 Å². The van der Waals surface area contributed by atoms with Gasteiger partial charge in [0.15, 0.2) is 0 Å². The predicted molar refractivity (Wildman–Crippen MR) is 71.3 cm³/mol. The zero-order chi connectivity index (χ0) is 13.2. The van der Waals surface area contributed by atoms with Gasteiger partial charge >= 0.3 is 0 Å². The van der Waals surface area contributed by atoms with E-state index in [-0.39, 0.29) is 5.91 Å². The molecule has 1 aliphatic heterocycles. The van der Waals surface area contributed by atoms with E-state index in [2.05, 4.69) is 0 Å². The average Bonchev–Trinajstić information content (AvgIpc) is 3.22. The Hall–Kier alpha value is -1.00. The van der Waals surface area contributed by atoms with Gasteiger partial charge in [-0.25, -0.2) is 0 Å². The monoisotopic (exact) mass is 280 g/mol. The van der Waals surface area contributed by atoms with E-state index in [0.29, 0.717) is 35.8 Å². The van der Waals surface area contributed by atoms with E-state index in [0.717, 1.165) is 25.7 Å². The normalized spacial score (nSPS) is 25.3. The summed E-state index contributed by atoms with van der Waals surface area (Å²) >= 11 is 6.02. The fourth-order valence-corrected chi connectivity index (χ4v) is 3.28. The Morgan fingerprint density at radius 3 is 2.58 bits per heavy atom. The Kier molecular flexibility index (Phi) is 2.34. The van der Waals surface area contributed by atoms with E-state index >= 15 is 0 Å².